The summed E-state index contributed by atoms with van der Waals surface area (Å²) in [6.07, 6.45) is 7.42. The average molecular weight is 860 g/mol. The Morgan fingerprint density at radius 3 is 2.18 bits per heavy atom. The van der Waals surface area contributed by atoms with Gasteiger partial charge in [0.1, 0.15) is 25.3 Å². The van der Waals surface area contributed by atoms with E-state index in [0.717, 1.165) is 34.9 Å². The van der Waals surface area contributed by atoms with Crippen molar-refractivity contribution >= 4 is 40.3 Å². The number of benzene rings is 1. The van der Waals surface area contributed by atoms with Crippen molar-refractivity contribution in [2.24, 2.45) is 5.92 Å². The van der Waals surface area contributed by atoms with Gasteiger partial charge in [-0.2, -0.15) is 0 Å². The van der Waals surface area contributed by atoms with Crippen LogP contribution in [0.15, 0.2) is 23.0 Å². The van der Waals surface area contributed by atoms with Crippen molar-refractivity contribution in [3.63, 3.8) is 0 Å². The number of anilines is 1. The van der Waals surface area contributed by atoms with Gasteiger partial charge in [0.2, 0.25) is 17.7 Å². The second-order valence-corrected chi connectivity index (χ2v) is 15.8. The summed E-state index contributed by atoms with van der Waals surface area (Å²) in [6, 6.07) is 3.51. The molecule has 17 nitrogen and oxygen atoms in total. The Balaban J connectivity index is 0.984. The van der Waals surface area contributed by atoms with Gasteiger partial charge >= 0.3 is 5.97 Å². The Morgan fingerprint density at radius 2 is 1.53 bits per heavy atom. The first-order valence-corrected chi connectivity index (χ1v) is 21.3. The molecule has 3 aliphatic rings. The lowest BCUT2D eigenvalue weighted by Gasteiger charge is -2.31. The van der Waals surface area contributed by atoms with Gasteiger partial charge in [-0.15, -0.1) is 6.42 Å². The van der Waals surface area contributed by atoms with Gasteiger partial charge < -0.3 is 54.0 Å². The van der Waals surface area contributed by atoms with Crippen molar-refractivity contribution in [1.29, 1.82) is 0 Å². The van der Waals surface area contributed by atoms with E-state index < -0.39 is 35.5 Å². The third-order valence-electron chi connectivity index (χ3n) is 11.4. The minimum Gasteiger partial charge on any atom is -0.458 e. The van der Waals surface area contributed by atoms with E-state index in [-0.39, 0.29) is 74.3 Å². The zero-order chi connectivity index (χ0) is 44.4. The molecule has 0 fully saturated rings. The molecular formula is C45H57N5O12. The minimum absolute atomic E-state index is 0.0390. The van der Waals surface area contributed by atoms with Crippen LogP contribution in [0.1, 0.15) is 74.8 Å². The standard InChI is InChI=1S/C45H57N5O12/c1-6-14-57-16-18-59-20-22-61-23-21-60-19-17-58-15-13-37(51)49-39(27(3)4)42(53)46-28(5)41(52)48-34-11-12-35-38-29(9-8-10-30(34)38)31-25-50-36(40(31)47-35)24-33-32(43(50)54)26-62-44(55)45(33,56)7-2/h1,11-12,24,27-28,39,56H,7-10,13-23,25-26H2,2-5H3,(H,46,53)(H,48,52)(H,49,51)/t28?,39?,45-/m0/s1. The molecule has 3 aromatic rings. The maximum Gasteiger partial charge on any atom is 0.343 e. The molecular weight excluding hydrogens is 803 g/mol. The van der Waals surface area contributed by atoms with Crippen molar-refractivity contribution in [2.45, 2.75) is 90.6 Å². The van der Waals surface area contributed by atoms with Crippen LogP contribution in [-0.2, 0) is 79.2 Å². The van der Waals surface area contributed by atoms with Gasteiger partial charge in [0, 0.05) is 28.6 Å². The quantitative estimate of drug-likeness (QED) is 0.0479. The second-order valence-electron chi connectivity index (χ2n) is 15.8. The smallest absolute Gasteiger partial charge is 0.343 e. The van der Waals surface area contributed by atoms with Crippen molar-refractivity contribution in [2.75, 3.05) is 71.4 Å². The Hall–Kier alpha value is -5.22. The van der Waals surface area contributed by atoms with Crippen molar-refractivity contribution in [3.05, 3.63) is 56.4 Å². The molecule has 62 heavy (non-hydrogen) atoms. The maximum atomic E-state index is 13.8. The number of aromatic nitrogens is 2. The summed E-state index contributed by atoms with van der Waals surface area (Å²) in [6.45, 7) is 10.5. The number of hydrogen-bond acceptors (Lipinski definition) is 13. The molecule has 0 saturated carbocycles. The van der Waals surface area contributed by atoms with Crippen LogP contribution in [-0.4, -0.2) is 117 Å². The van der Waals surface area contributed by atoms with E-state index in [4.69, 9.17) is 39.8 Å². The molecule has 0 radical (unpaired) electrons. The number of cyclic esters (lactones) is 1. The summed E-state index contributed by atoms with van der Waals surface area (Å²) in [5.41, 5.74) is 3.61. The maximum absolute atomic E-state index is 13.8. The molecule has 4 heterocycles. The van der Waals surface area contributed by atoms with Crippen molar-refractivity contribution in [1.82, 2.24) is 20.2 Å². The first-order chi connectivity index (χ1) is 29.9. The van der Waals surface area contributed by atoms with Crippen LogP contribution in [0.5, 0.6) is 0 Å². The third-order valence-corrected chi connectivity index (χ3v) is 11.4. The number of terminal acetylenes is 1. The molecule has 2 aromatic heterocycles. The fourth-order valence-corrected chi connectivity index (χ4v) is 8.00. The molecule has 334 valence electrons. The fraction of sp³-hybridized carbons (Fsp3) is 0.556. The van der Waals surface area contributed by atoms with Crippen LogP contribution in [0, 0.1) is 18.3 Å². The average Bonchev–Trinajstić information content (AvgIpc) is 3.63. The molecule has 0 saturated heterocycles. The van der Waals surface area contributed by atoms with Crippen LogP contribution in [0.4, 0.5) is 5.69 Å². The number of esters is 1. The van der Waals surface area contributed by atoms with E-state index in [0.29, 0.717) is 75.3 Å². The predicted molar refractivity (Wildman–Crippen MR) is 227 cm³/mol. The molecule has 0 spiro atoms. The van der Waals surface area contributed by atoms with E-state index in [2.05, 4.69) is 21.9 Å². The topological polar surface area (TPSA) is 215 Å². The molecule has 0 bridgehead atoms. The van der Waals surface area contributed by atoms with E-state index in [1.54, 1.807) is 30.5 Å². The zero-order valence-corrected chi connectivity index (χ0v) is 35.9. The Bertz CT molecular complexity index is 2250. The van der Waals surface area contributed by atoms with Gasteiger partial charge in [-0.3, -0.25) is 19.2 Å². The highest BCUT2D eigenvalue weighted by Crippen LogP contribution is 2.43. The van der Waals surface area contributed by atoms with Crippen LogP contribution >= 0.6 is 0 Å². The number of rotatable bonds is 23. The van der Waals surface area contributed by atoms with Gasteiger partial charge in [-0.25, -0.2) is 9.78 Å². The zero-order valence-electron chi connectivity index (χ0n) is 35.9. The van der Waals surface area contributed by atoms with E-state index in [9.17, 15) is 29.1 Å². The number of pyridine rings is 2. The van der Waals surface area contributed by atoms with Crippen molar-refractivity contribution in [3.8, 4) is 23.7 Å². The molecule has 3 atom stereocenters. The summed E-state index contributed by atoms with van der Waals surface area (Å²) < 4.78 is 33.8. The molecule has 17 heteroatoms. The van der Waals surface area contributed by atoms with Gasteiger partial charge in [-0.05, 0) is 67.9 Å². The second kappa shape index (κ2) is 21.2. The number of aliphatic hydroxyl groups is 1. The monoisotopic (exact) mass is 859 g/mol. The summed E-state index contributed by atoms with van der Waals surface area (Å²) in [7, 11) is 0. The highest BCUT2D eigenvalue weighted by atomic mass is 16.6. The first-order valence-electron chi connectivity index (χ1n) is 21.3. The number of amides is 3. The Morgan fingerprint density at radius 1 is 0.887 bits per heavy atom. The lowest BCUT2D eigenvalue weighted by molar-refractivity contribution is -0.172. The molecule has 2 aliphatic heterocycles. The lowest BCUT2D eigenvalue weighted by Crippen LogP contribution is -2.53. The molecule has 6 rings (SSSR count). The number of nitrogens with zero attached hydrogens (tertiary/aromatic N) is 2. The van der Waals surface area contributed by atoms with Gasteiger partial charge in [0.25, 0.3) is 5.56 Å². The third kappa shape index (κ3) is 10.3. The summed E-state index contributed by atoms with van der Waals surface area (Å²) in [5.74, 6) is 0.0768. The van der Waals surface area contributed by atoms with Crippen molar-refractivity contribution < 1.29 is 52.7 Å². The highest BCUT2D eigenvalue weighted by molar-refractivity contribution is 6.02. The Labute approximate surface area is 360 Å². The normalized spacial score (nSPS) is 17.1. The molecule has 1 aliphatic carbocycles. The number of nitrogens with one attached hydrogen (secondary N) is 3. The number of ether oxygens (including phenoxy) is 6. The fourth-order valence-electron chi connectivity index (χ4n) is 8.00. The lowest BCUT2D eigenvalue weighted by atomic mass is 9.85. The van der Waals surface area contributed by atoms with E-state index in [1.807, 2.05) is 19.9 Å². The number of aryl methyl sites for hydroxylation is 2. The molecule has 4 N–H and O–H groups in total. The summed E-state index contributed by atoms with van der Waals surface area (Å²) in [4.78, 5) is 71.1. The van der Waals surface area contributed by atoms with Crippen LogP contribution in [0.25, 0.3) is 22.3 Å². The number of carbonyl (C=O) groups excluding carboxylic acids is 4. The number of hydrogen-bond donors (Lipinski definition) is 4. The summed E-state index contributed by atoms with van der Waals surface area (Å²) >= 11 is 0. The van der Waals surface area contributed by atoms with E-state index >= 15 is 0 Å². The Kier molecular flexibility index (Phi) is 15.9. The van der Waals surface area contributed by atoms with Crippen LogP contribution < -0.4 is 21.5 Å². The SMILES string of the molecule is C#CCOCCOCCOCCOCCOCCC(=O)NC(C(=O)NC(C)C(=O)Nc1ccc2nc3c(c4c2c1CCC4)Cn1c-3cc2c(c1=O)COC(=O)[C@]2(O)CC)C(C)C. The minimum atomic E-state index is -1.92. The predicted octanol–water partition coefficient (Wildman–Crippen LogP) is 2.26. The largest absolute Gasteiger partial charge is 0.458 e. The molecule has 3 amide bonds. The molecule has 2 unspecified atom stereocenters. The van der Waals surface area contributed by atoms with Gasteiger partial charge in [-0.1, -0.05) is 26.7 Å². The van der Waals surface area contributed by atoms with Gasteiger partial charge in [0.05, 0.1) is 88.5 Å². The van der Waals surface area contributed by atoms with E-state index in [1.165, 1.54) is 0 Å². The number of fused-ring (bicyclic) bond motifs is 5. The highest BCUT2D eigenvalue weighted by Gasteiger charge is 2.45. The van der Waals surface area contributed by atoms with Crippen LogP contribution in [0.2, 0.25) is 0 Å². The first kappa shape index (κ1) is 46.3. The number of carbonyl (C=O) groups is 4. The van der Waals surface area contributed by atoms with Gasteiger partial charge in [0.15, 0.2) is 5.60 Å². The van der Waals surface area contributed by atoms with Crippen LogP contribution in [0.3, 0.4) is 0 Å². The summed E-state index contributed by atoms with van der Waals surface area (Å²) in [5, 5.41) is 20.7. The molecule has 1 aromatic carbocycles.